The van der Waals surface area contributed by atoms with Gasteiger partial charge in [-0.1, -0.05) is 75.7 Å². The highest BCUT2D eigenvalue weighted by Crippen LogP contribution is 2.26. The first-order chi connectivity index (χ1) is 13.2. The highest BCUT2D eigenvalue weighted by Gasteiger charge is 2.12. The molecule has 0 aliphatic rings. The number of anilines is 1. The third-order valence-electron chi connectivity index (χ3n) is 4.52. The van der Waals surface area contributed by atoms with E-state index in [9.17, 15) is 4.79 Å². The van der Waals surface area contributed by atoms with Gasteiger partial charge in [-0.25, -0.2) is 0 Å². The van der Waals surface area contributed by atoms with Gasteiger partial charge < -0.3 is 10.0 Å². The Bertz CT molecular complexity index is 861. The van der Waals surface area contributed by atoms with Crippen LogP contribution in [-0.4, -0.2) is 12.2 Å². The summed E-state index contributed by atoms with van der Waals surface area (Å²) in [7, 11) is 0. The zero-order valence-corrected chi connectivity index (χ0v) is 18.2. The predicted octanol–water partition coefficient (Wildman–Crippen LogP) is 5.96. The van der Waals surface area contributed by atoms with Crippen LogP contribution in [0.4, 0.5) is 5.69 Å². The number of hydrogen-bond donors (Lipinski definition) is 2. The SMILES string of the molecule is C=Cc1cc(CNC(=O)/C=C/c2ccc(C(C)(C)C)cc2)cc(C)c1NSC. The average Bonchev–Trinajstić information content (AvgIpc) is 2.66. The van der Waals surface area contributed by atoms with E-state index in [2.05, 4.69) is 62.5 Å². The summed E-state index contributed by atoms with van der Waals surface area (Å²) < 4.78 is 3.29. The van der Waals surface area contributed by atoms with E-state index in [0.29, 0.717) is 6.54 Å². The van der Waals surface area contributed by atoms with E-state index < -0.39 is 0 Å². The Kier molecular flexibility index (Phi) is 7.53. The van der Waals surface area contributed by atoms with Crippen molar-refractivity contribution < 1.29 is 4.79 Å². The molecule has 4 heteroatoms. The molecule has 0 bridgehead atoms. The molecule has 2 N–H and O–H groups in total. The smallest absolute Gasteiger partial charge is 0.244 e. The molecule has 148 valence electrons. The van der Waals surface area contributed by atoms with E-state index in [-0.39, 0.29) is 11.3 Å². The van der Waals surface area contributed by atoms with Gasteiger partial charge in [-0.15, -0.1) is 0 Å². The third kappa shape index (κ3) is 6.03. The Labute approximate surface area is 173 Å². The molecule has 2 aromatic rings. The Balaban J connectivity index is 1.99. The van der Waals surface area contributed by atoms with Crippen LogP contribution >= 0.6 is 11.9 Å². The Hall–Kier alpha value is -2.46. The van der Waals surface area contributed by atoms with Crippen LogP contribution in [-0.2, 0) is 16.8 Å². The number of rotatable bonds is 7. The van der Waals surface area contributed by atoms with Crippen LogP contribution in [0.1, 0.15) is 48.6 Å². The molecule has 0 saturated carbocycles. The van der Waals surface area contributed by atoms with Crippen LogP contribution in [0.15, 0.2) is 49.1 Å². The first-order valence-electron chi connectivity index (χ1n) is 9.36. The average molecular weight is 395 g/mol. The van der Waals surface area contributed by atoms with Crippen molar-refractivity contribution in [3.8, 4) is 0 Å². The number of nitrogens with one attached hydrogen (secondary N) is 2. The van der Waals surface area contributed by atoms with Gasteiger partial charge in [0.2, 0.25) is 5.91 Å². The maximum atomic E-state index is 12.2. The zero-order chi connectivity index (χ0) is 20.7. The molecule has 0 radical (unpaired) electrons. The fraction of sp³-hybridized carbons (Fsp3) is 0.292. The van der Waals surface area contributed by atoms with Gasteiger partial charge in [0.1, 0.15) is 0 Å². The van der Waals surface area contributed by atoms with Gasteiger partial charge in [0.05, 0.1) is 5.69 Å². The fourth-order valence-electron chi connectivity index (χ4n) is 2.91. The van der Waals surface area contributed by atoms with Gasteiger partial charge in [-0.2, -0.15) is 0 Å². The first kappa shape index (κ1) is 21.8. The van der Waals surface area contributed by atoms with Crippen molar-refractivity contribution in [3.05, 3.63) is 76.9 Å². The summed E-state index contributed by atoms with van der Waals surface area (Å²) in [5, 5.41) is 2.95. The molecule has 0 fully saturated rings. The topological polar surface area (TPSA) is 41.1 Å². The highest BCUT2D eigenvalue weighted by atomic mass is 32.2. The quantitative estimate of drug-likeness (QED) is 0.450. The second-order valence-electron chi connectivity index (χ2n) is 7.81. The number of carbonyl (C=O) groups excluding carboxylic acids is 1. The van der Waals surface area contributed by atoms with Crippen LogP contribution in [0, 0.1) is 6.92 Å². The lowest BCUT2D eigenvalue weighted by Gasteiger charge is -2.18. The van der Waals surface area contributed by atoms with Crippen molar-refractivity contribution in [1.82, 2.24) is 5.32 Å². The van der Waals surface area contributed by atoms with Crippen LogP contribution in [0.25, 0.3) is 12.2 Å². The van der Waals surface area contributed by atoms with Crippen LogP contribution < -0.4 is 10.0 Å². The molecule has 1 amide bonds. The molecule has 0 heterocycles. The standard InChI is InChI=1S/C24H30N2OS/c1-7-20-15-19(14-17(2)23(20)26-28-6)16-25-22(27)13-10-18-8-11-21(12-9-18)24(3,4)5/h7-15,26H,1,16H2,2-6H3,(H,25,27)/b13-10+. The molecular weight excluding hydrogens is 364 g/mol. The van der Waals surface area contributed by atoms with Gasteiger partial charge >= 0.3 is 0 Å². The van der Waals surface area contributed by atoms with Crippen molar-refractivity contribution in [2.24, 2.45) is 0 Å². The molecule has 3 nitrogen and oxygen atoms in total. The number of hydrogen-bond acceptors (Lipinski definition) is 3. The van der Waals surface area contributed by atoms with Gasteiger partial charge in [-0.05, 0) is 52.3 Å². The molecule has 28 heavy (non-hydrogen) atoms. The lowest BCUT2D eigenvalue weighted by Crippen LogP contribution is -2.20. The van der Waals surface area contributed by atoms with Crippen LogP contribution in [0.2, 0.25) is 0 Å². The number of amides is 1. The van der Waals surface area contributed by atoms with Gasteiger partial charge in [-0.3, -0.25) is 4.79 Å². The van der Waals surface area contributed by atoms with E-state index in [0.717, 1.165) is 27.9 Å². The van der Waals surface area contributed by atoms with E-state index in [1.54, 1.807) is 18.0 Å². The summed E-state index contributed by atoms with van der Waals surface area (Å²) in [6.45, 7) is 13.0. The maximum absolute atomic E-state index is 12.2. The second kappa shape index (κ2) is 9.65. The van der Waals surface area contributed by atoms with Gasteiger partial charge in [0.25, 0.3) is 0 Å². The number of carbonyl (C=O) groups is 1. The molecule has 0 aliphatic heterocycles. The van der Waals surface area contributed by atoms with Gasteiger partial charge in [0.15, 0.2) is 0 Å². The van der Waals surface area contributed by atoms with Crippen molar-refractivity contribution in [2.75, 3.05) is 11.0 Å². The van der Waals surface area contributed by atoms with Crippen molar-refractivity contribution in [1.29, 1.82) is 0 Å². The molecule has 0 spiro atoms. The molecular formula is C24H30N2OS. The third-order valence-corrected chi connectivity index (χ3v) is 4.93. The molecule has 2 aromatic carbocycles. The van der Waals surface area contributed by atoms with Gasteiger partial charge in [0, 0.05) is 18.9 Å². The van der Waals surface area contributed by atoms with Crippen LogP contribution in [0.5, 0.6) is 0 Å². The minimum Gasteiger partial charge on any atom is -0.348 e. The lowest BCUT2D eigenvalue weighted by atomic mass is 9.87. The normalized spacial score (nSPS) is 11.5. The van der Waals surface area contributed by atoms with E-state index in [1.165, 1.54) is 5.56 Å². The second-order valence-corrected chi connectivity index (χ2v) is 8.42. The number of benzene rings is 2. The summed E-state index contributed by atoms with van der Waals surface area (Å²) in [5.74, 6) is -0.107. The highest BCUT2D eigenvalue weighted by molar-refractivity contribution is 7.99. The molecule has 0 atom stereocenters. The lowest BCUT2D eigenvalue weighted by molar-refractivity contribution is -0.116. The molecule has 0 unspecified atom stereocenters. The zero-order valence-electron chi connectivity index (χ0n) is 17.4. The predicted molar refractivity (Wildman–Crippen MR) is 124 cm³/mol. The molecule has 0 saturated heterocycles. The summed E-state index contributed by atoms with van der Waals surface area (Å²) in [6, 6.07) is 12.4. The monoisotopic (exact) mass is 394 g/mol. The minimum absolute atomic E-state index is 0.107. The summed E-state index contributed by atoms with van der Waals surface area (Å²) >= 11 is 1.55. The van der Waals surface area contributed by atoms with E-state index in [4.69, 9.17) is 0 Å². The first-order valence-corrected chi connectivity index (χ1v) is 10.6. The van der Waals surface area contributed by atoms with Crippen LogP contribution in [0.3, 0.4) is 0 Å². The number of aryl methyl sites for hydroxylation is 1. The minimum atomic E-state index is -0.107. The Morgan fingerprint density at radius 3 is 2.43 bits per heavy atom. The maximum Gasteiger partial charge on any atom is 0.244 e. The Morgan fingerprint density at radius 2 is 1.86 bits per heavy atom. The largest absolute Gasteiger partial charge is 0.348 e. The van der Waals surface area contributed by atoms with E-state index >= 15 is 0 Å². The van der Waals surface area contributed by atoms with Crippen molar-refractivity contribution in [3.63, 3.8) is 0 Å². The van der Waals surface area contributed by atoms with E-state index in [1.807, 2.05) is 36.6 Å². The Morgan fingerprint density at radius 1 is 1.18 bits per heavy atom. The summed E-state index contributed by atoms with van der Waals surface area (Å²) in [4.78, 5) is 12.2. The van der Waals surface area contributed by atoms with Crippen molar-refractivity contribution >= 4 is 35.7 Å². The van der Waals surface area contributed by atoms with Crippen molar-refractivity contribution in [2.45, 2.75) is 39.7 Å². The molecule has 0 aliphatic carbocycles. The fourth-order valence-corrected chi connectivity index (χ4v) is 3.39. The summed E-state index contributed by atoms with van der Waals surface area (Å²) in [5.41, 5.74) is 6.70. The molecule has 2 rings (SSSR count). The molecule has 0 aromatic heterocycles. The summed E-state index contributed by atoms with van der Waals surface area (Å²) in [6.07, 6.45) is 7.24.